The van der Waals surface area contributed by atoms with Crippen molar-refractivity contribution in [3.63, 3.8) is 0 Å². The van der Waals surface area contributed by atoms with Gasteiger partial charge in [-0.3, -0.25) is 0 Å². The predicted molar refractivity (Wildman–Crippen MR) is 77.2 cm³/mol. The summed E-state index contributed by atoms with van der Waals surface area (Å²) in [6, 6.07) is 9.54. The Morgan fingerprint density at radius 1 is 1.15 bits per heavy atom. The van der Waals surface area contributed by atoms with Crippen LogP contribution in [0.15, 0.2) is 50.9 Å². The van der Waals surface area contributed by atoms with E-state index >= 15 is 0 Å². The lowest BCUT2D eigenvalue weighted by Crippen LogP contribution is -1.84. The van der Waals surface area contributed by atoms with Crippen molar-refractivity contribution in [3.8, 4) is 22.2 Å². The van der Waals surface area contributed by atoms with Gasteiger partial charge in [-0.2, -0.15) is 4.98 Å². The fourth-order valence-electron chi connectivity index (χ4n) is 2.07. The quantitative estimate of drug-likeness (QED) is 0.605. The lowest BCUT2D eigenvalue weighted by atomic mass is 10.2. The summed E-state index contributed by atoms with van der Waals surface area (Å²) < 4.78 is 10.8. The van der Waals surface area contributed by atoms with E-state index in [1.807, 2.05) is 35.7 Å². The van der Waals surface area contributed by atoms with Gasteiger partial charge >= 0.3 is 0 Å². The first-order valence-corrected chi connectivity index (χ1v) is 6.84. The second-order valence-corrected chi connectivity index (χ2v) is 5.19. The molecule has 6 heteroatoms. The number of hydrogen-bond acceptors (Lipinski definition) is 6. The molecule has 0 aliphatic rings. The first-order chi connectivity index (χ1) is 9.83. The van der Waals surface area contributed by atoms with Crippen molar-refractivity contribution < 1.29 is 8.94 Å². The molecule has 0 bridgehead atoms. The molecule has 5 nitrogen and oxygen atoms in total. The van der Waals surface area contributed by atoms with Crippen LogP contribution in [0.5, 0.6) is 0 Å². The number of fused-ring (bicyclic) bond motifs is 1. The summed E-state index contributed by atoms with van der Waals surface area (Å²) in [4.78, 5) is 5.19. The van der Waals surface area contributed by atoms with Gasteiger partial charge in [0, 0.05) is 5.39 Å². The number of benzene rings is 1. The standard InChI is InChI=1S/C14H9N3O2S/c15-10-5-6-20-12(10)14-16-13(17-19-14)9-7-18-11-4-2-1-3-8(9)11/h1-7H,15H2. The molecule has 0 amide bonds. The summed E-state index contributed by atoms with van der Waals surface area (Å²) in [7, 11) is 0. The van der Waals surface area contributed by atoms with Gasteiger partial charge < -0.3 is 14.7 Å². The zero-order chi connectivity index (χ0) is 13.5. The third kappa shape index (κ3) is 1.62. The predicted octanol–water partition coefficient (Wildman–Crippen LogP) is 3.79. The minimum atomic E-state index is 0.429. The van der Waals surface area contributed by atoms with E-state index in [0.29, 0.717) is 17.4 Å². The molecule has 0 aliphatic heterocycles. The van der Waals surface area contributed by atoms with E-state index in [0.717, 1.165) is 21.4 Å². The highest BCUT2D eigenvalue weighted by atomic mass is 32.1. The van der Waals surface area contributed by atoms with E-state index in [4.69, 9.17) is 14.7 Å². The van der Waals surface area contributed by atoms with Crippen molar-refractivity contribution in [2.45, 2.75) is 0 Å². The molecule has 0 spiro atoms. The SMILES string of the molecule is Nc1ccsc1-c1nc(-c2coc3ccccc23)no1. The van der Waals surface area contributed by atoms with E-state index in [9.17, 15) is 0 Å². The van der Waals surface area contributed by atoms with Gasteiger partial charge in [0.2, 0.25) is 5.82 Å². The van der Waals surface area contributed by atoms with Crippen LogP contribution in [0.2, 0.25) is 0 Å². The highest BCUT2D eigenvalue weighted by Crippen LogP contribution is 2.33. The third-order valence-electron chi connectivity index (χ3n) is 3.04. The smallest absolute Gasteiger partial charge is 0.270 e. The first-order valence-electron chi connectivity index (χ1n) is 5.96. The largest absolute Gasteiger partial charge is 0.464 e. The van der Waals surface area contributed by atoms with Gasteiger partial charge in [-0.25, -0.2) is 0 Å². The number of furan rings is 1. The van der Waals surface area contributed by atoms with Crippen molar-refractivity contribution in [3.05, 3.63) is 42.0 Å². The number of nitrogen functional groups attached to an aromatic ring is 1. The summed E-state index contributed by atoms with van der Waals surface area (Å²) in [5.74, 6) is 0.926. The third-order valence-corrected chi connectivity index (χ3v) is 3.96. The van der Waals surface area contributed by atoms with E-state index < -0.39 is 0 Å². The maximum atomic E-state index is 5.86. The average Bonchev–Trinajstić information content (AvgIpc) is 3.15. The van der Waals surface area contributed by atoms with Crippen molar-refractivity contribution in [2.24, 2.45) is 0 Å². The number of thiophene rings is 1. The highest BCUT2D eigenvalue weighted by molar-refractivity contribution is 7.14. The van der Waals surface area contributed by atoms with Crippen molar-refractivity contribution in [2.75, 3.05) is 5.73 Å². The maximum Gasteiger partial charge on any atom is 0.270 e. The molecular formula is C14H9N3O2S. The number of aromatic nitrogens is 2. The van der Waals surface area contributed by atoms with Crippen LogP contribution in [0.4, 0.5) is 5.69 Å². The number of anilines is 1. The Balaban J connectivity index is 1.84. The van der Waals surface area contributed by atoms with Crippen molar-refractivity contribution in [1.29, 1.82) is 0 Å². The second kappa shape index (κ2) is 4.21. The summed E-state index contributed by atoms with van der Waals surface area (Å²) >= 11 is 1.47. The number of hydrogen-bond donors (Lipinski definition) is 1. The van der Waals surface area contributed by atoms with Gasteiger partial charge in [-0.05, 0) is 17.5 Å². The van der Waals surface area contributed by atoms with Gasteiger partial charge in [-0.15, -0.1) is 11.3 Å². The summed E-state index contributed by atoms with van der Waals surface area (Å²) in [6.07, 6.45) is 1.64. The Morgan fingerprint density at radius 2 is 2.05 bits per heavy atom. The molecule has 20 heavy (non-hydrogen) atoms. The van der Waals surface area contributed by atoms with E-state index in [2.05, 4.69) is 10.1 Å². The molecule has 0 unspecified atom stereocenters. The molecule has 98 valence electrons. The summed E-state index contributed by atoms with van der Waals surface area (Å²) in [5.41, 5.74) is 8.10. The average molecular weight is 283 g/mol. The van der Waals surface area contributed by atoms with Crippen LogP contribution in [0.25, 0.3) is 33.1 Å². The number of nitrogens with zero attached hydrogens (tertiary/aromatic N) is 2. The minimum absolute atomic E-state index is 0.429. The fourth-order valence-corrected chi connectivity index (χ4v) is 2.81. The van der Waals surface area contributed by atoms with Gasteiger partial charge in [0.15, 0.2) is 0 Å². The molecule has 3 aromatic heterocycles. The number of para-hydroxylation sites is 1. The van der Waals surface area contributed by atoms with Crippen LogP contribution in [-0.4, -0.2) is 10.1 Å². The van der Waals surface area contributed by atoms with Crippen LogP contribution >= 0.6 is 11.3 Å². The lowest BCUT2D eigenvalue weighted by molar-refractivity contribution is 0.433. The highest BCUT2D eigenvalue weighted by Gasteiger charge is 2.17. The minimum Gasteiger partial charge on any atom is -0.464 e. The fraction of sp³-hybridized carbons (Fsp3) is 0. The summed E-state index contributed by atoms with van der Waals surface area (Å²) in [6.45, 7) is 0. The molecule has 0 aliphatic carbocycles. The van der Waals surface area contributed by atoms with E-state index in [1.165, 1.54) is 11.3 Å². The molecule has 0 saturated carbocycles. The number of rotatable bonds is 2. The Hall–Kier alpha value is -2.60. The molecule has 4 rings (SSSR count). The zero-order valence-electron chi connectivity index (χ0n) is 10.2. The molecular weight excluding hydrogens is 274 g/mol. The van der Waals surface area contributed by atoms with Gasteiger partial charge in [0.25, 0.3) is 5.89 Å². The van der Waals surface area contributed by atoms with Crippen molar-refractivity contribution in [1.82, 2.24) is 10.1 Å². The number of nitrogens with two attached hydrogens (primary N) is 1. The van der Waals surface area contributed by atoms with Crippen LogP contribution in [0, 0.1) is 0 Å². The Morgan fingerprint density at radius 3 is 2.90 bits per heavy atom. The Kier molecular flexibility index (Phi) is 2.37. The van der Waals surface area contributed by atoms with E-state index in [-0.39, 0.29) is 0 Å². The molecule has 0 fully saturated rings. The molecule has 0 radical (unpaired) electrons. The van der Waals surface area contributed by atoms with E-state index in [1.54, 1.807) is 6.26 Å². The summed E-state index contributed by atoms with van der Waals surface area (Å²) in [5, 5.41) is 6.86. The van der Waals surface area contributed by atoms with Crippen LogP contribution in [0.3, 0.4) is 0 Å². The topological polar surface area (TPSA) is 78.1 Å². The maximum absolute atomic E-state index is 5.86. The molecule has 0 atom stereocenters. The van der Waals surface area contributed by atoms with Crippen LogP contribution in [-0.2, 0) is 0 Å². The van der Waals surface area contributed by atoms with Gasteiger partial charge in [0.05, 0.1) is 11.3 Å². The zero-order valence-corrected chi connectivity index (χ0v) is 11.1. The Bertz CT molecular complexity index is 891. The molecule has 3 heterocycles. The Labute approximate surface area is 117 Å². The van der Waals surface area contributed by atoms with Gasteiger partial charge in [-0.1, -0.05) is 23.4 Å². The van der Waals surface area contributed by atoms with Crippen LogP contribution in [0.1, 0.15) is 0 Å². The van der Waals surface area contributed by atoms with Gasteiger partial charge in [0.1, 0.15) is 16.7 Å². The molecule has 2 N–H and O–H groups in total. The molecule has 4 aromatic rings. The second-order valence-electron chi connectivity index (χ2n) is 4.27. The molecule has 1 aromatic carbocycles. The van der Waals surface area contributed by atoms with Crippen LogP contribution < -0.4 is 5.73 Å². The normalized spacial score (nSPS) is 11.2. The monoisotopic (exact) mass is 283 g/mol. The molecule has 0 saturated heterocycles. The first kappa shape index (κ1) is 11.2. The van der Waals surface area contributed by atoms with Crippen molar-refractivity contribution >= 4 is 28.0 Å². The lowest BCUT2D eigenvalue weighted by Gasteiger charge is -1.90.